The highest BCUT2D eigenvalue weighted by atomic mass is 19.4. The first-order valence-electron chi connectivity index (χ1n) is 16.6. The summed E-state index contributed by atoms with van der Waals surface area (Å²) in [6.45, 7) is 8.34. The third kappa shape index (κ3) is 9.43. The normalized spacial score (nSPS) is 18.5. The highest BCUT2D eigenvalue weighted by molar-refractivity contribution is 5.96. The maximum absolute atomic E-state index is 13.5. The van der Waals surface area contributed by atoms with E-state index in [1.807, 2.05) is 19.2 Å². The van der Waals surface area contributed by atoms with E-state index in [0.29, 0.717) is 35.0 Å². The van der Waals surface area contributed by atoms with Gasteiger partial charge in [0.2, 0.25) is 5.82 Å². The number of imidazole rings is 1. The molecule has 3 aromatic rings. The number of nitrogens with one attached hydrogen (secondary N) is 1. The van der Waals surface area contributed by atoms with E-state index in [2.05, 4.69) is 60.3 Å². The number of rotatable bonds is 8. The molecule has 16 heteroatoms. The zero-order valence-corrected chi connectivity index (χ0v) is 27.9. The van der Waals surface area contributed by atoms with E-state index in [1.54, 1.807) is 15.9 Å². The molecule has 1 amide bonds. The molecule has 0 unspecified atom stereocenters. The van der Waals surface area contributed by atoms with Crippen molar-refractivity contribution in [3.63, 3.8) is 0 Å². The molecule has 264 valence electrons. The smallest absolute Gasteiger partial charge is 0.475 e. The van der Waals surface area contributed by atoms with E-state index in [9.17, 15) is 23.2 Å². The number of aromatic nitrogens is 4. The van der Waals surface area contributed by atoms with Gasteiger partial charge in [-0.25, -0.2) is 9.78 Å². The molecule has 13 nitrogen and oxygen atoms in total. The molecule has 0 radical (unpaired) electrons. The Hall–Kier alpha value is -4.33. The Morgan fingerprint density at radius 1 is 1.00 bits per heavy atom. The second-order valence-electron chi connectivity index (χ2n) is 13.1. The molecule has 2 N–H and O–H groups in total. The van der Waals surface area contributed by atoms with Gasteiger partial charge in [0.25, 0.3) is 5.91 Å². The van der Waals surface area contributed by atoms with Crippen molar-refractivity contribution >= 4 is 28.9 Å². The minimum atomic E-state index is -5.08. The molecular formula is C33H43F3N10O3. The molecule has 0 atom stereocenters. The van der Waals surface area contributed by atoms with E-state index >= 15 is 0 Å². The lowest BCUT2D eigenvalue weighted by atomic mass is 10.0. The number of nitriles is 1. The lowest BCUT2D eigenvalue weighted by molar-refractivity contribution is -0.192. The highest BCUT2D eigenvalue weighted by Gasteiger charge is 2.38. The number of carboxylic acids is 1. The predicted molar refractivity (Wildman–Crippen MR) is 175 cm³/mol. The summed E-state index contributed by atoms with van der Waals surface area (Å²) >= 11 is 0. The van der Waals surface area contributed by atoms with E-state index < -0.39 is 12.1 Å². The monoisotopic (exact) mass is 684 g/mol. The maximum Gasteiger partial charge on any atom is 0.490 e. The molecule has 1 aliphatic carbocycles. The number of amides is 1. The SMILES string of the molecule is CN1CCC(N2CCN(Cc3ccc(C(=O)NN(CC4CCCC4)c4nc(C#N)nc5c4ncn5C)cc3)CC2)CC1.O=C(O)C(F)(F)F. The third-order valence-corrected chi connectivity index (χ3v) is 9.53. The molecule has 49 heavy (non-hydrogen) atoms. The number of carbonyl (C=O) groups is 2. The Morgan fingerprint density at radius 2 is 1.63 bits per heavy atom. The number of likely N-dealkylation sites (tertiary alicyclic amines) is 1. The van der Waals surface area contributed by atoms with Gasteiger partial charge in [0.05, 0.1) is 6.33 Å². The van der Waals surface area contributed by atoms with Crippen molar-refractivity contribution in [2.75, 3.05) is 57.9 Å². The Labute approximate surface area is 283 Å². The van der Waals surface area contributed by atoms with Crippen molar-refractivity contribution in [3.05, 3.63) is 47.5 Å². The zero-order chi connectivity index (χ0) is 35.1. The first kappa shape index (κ1) is 36.0. The van der Waals surface area contributed by atoms with Gasteiger partial charge in [0.15, 0.2) is 17.0 Å². The minimum absolute atomic E-state index is 0.0586. The number of hydrazine groups is 1. The summed E-state index contributed by atoms with van der Waals surface area (Å²) in [6, 6.07) is 10.7. The standard InChI is InChI=1S/C31H42N10O.C2HF3O2/c1-37-13-11-26(12-14-37)40-17-15-39(16-18-40)20-24-7-9-25(10-8-24)31(42)36-41(21-23-5-3-4-6-23)30-28-29(38(2)22-33-28)34-27(19-32)35-30;3-2(4,5)1(6)7/h7-10,22-23,26H,3-6,11-18,20-21H2,1-2H3,(H,36,42);(H,6,7). The quantitative estimate of drug-likeness (QED) is 0.337. The van der Waals surface area contributed by atoms with Gasteiger partial charge in [-0.15, -0.1) is 0 Å². The van der Waals surface area contributed by atoms with E-state index in [0.717, 1.165) is 51.6 Å². The topological polar surface area (TPSA) is 147 Å². The molecule has 6 rings (SSSR count). The third-order valence-electron chi connectivity index (χ3n) is 9.53. The molecule has 1 aromatic carbocycles. The second kappa shape index (κ2) is 15.9. The maximum atomic E-state index is 13.5. The first-order valence-corrected chi connectivity index (χ1v) is 16.6. The molecule has 3 fully saturated rings. The van der Waals surface area contributed by atoms with Crippen LogP contribution in [0, 0.1) is 17.2 Å². The van der Waals surface area contributed by atoms with Crippen molar-refractivity contribution in [2.24, 2.45) is 13.0 Å². The molecule has 1 saturated carbocycles. The number of carbonyl (C=O) groups excluding carboxylic acids is 1. The van der Waals surface area contributed by atoms with Crippen molar-refractivity contribution in [3.8, 4) is 6.07 Å². The predicted octanol–water partition coefficient (Wildman–Crippen LogP) is 3.42. The first-order chi connectivity index (χ1) is 23.4. The number of carboxylic acid groups (broad SMARTS) is 1. The molecular weight excluding hydrogens is 641 g/mol. The number of hydrogen-bond donors (Lipinski definition) is 2. The summed E-state index contributed by atoms with van der Waals surface area (Å²) in [7, 11) is 4.06. The largest absolute Gasteiger partial charge is 0.490 e. The zero-order valence-electron chi connectivity index (χ0n) is 27.9. The van der Waals surface area contributed by atoms with Crippen LogP contribution >= 0.6 is 0 Å². The van der Waals surface area contributed by atoms with Crippen molar-refractivity contribution in [1.29, 1.82) is 5.26 Å². The molecule has 0 spiro atoms. The average Bonchev–Trinajstić information content (AvgIpc) is 3.74. The van der Waals surface area contributed by atoms with Crippen LogP contribution in [-0.2, 0) is 18.4 Å². The van der Waals surface area contributed by atoms with Crippen LogP contribution < -0.4 is 10.4 Å². The molecule has 4 heterocycles. The molecule has 2 aliphatic heterocycles. The summed E-state index contributed by atoms with van der Waals surface area (Å²) in [5.41, 5.74) is 6.04. The fourth-order valence-corrected chi connectivity index (χ4v) is 6.72. The van der Waals surface area contributed by atoms with Gasteiger partial charge in [-0.1, -0.05) is 25.0 Å². The second-order valence-corrected chi connectivity index (χ2v) is 13.1. The van der Waals surface area contributed by atoms with Crippen molar-refractivity contribution in [1.82, 2.24) is 39.6 Å². The minimum Gasteiger partial charge on any atom is -0.475 e. The van der Waals surface area contributed by atoms with Crippen LogP contribution in [0.5, 0.6) is 0 Å². The van der Waals surface area contributed by atoms with Gasteiger partial charge >= 0.3 is 12.1 Å². The lowest BCUT2D eigenvalue weighted by Crippen LogP contribution is -2.52. The van der Waals surface area contributed by atoms with E-state index in [1.165, 1.54) is 44.3 Å². The summed E-state index contributed by atoms with van der Waals surface area (Å²) in [4.78, 5) is 43.4. The summed E-state index contributed by atoms with van der Waals surface area (Å²) in [5, 5.41) is 18.5. The average molecular weight is 685 g/mol. The van der Waals surface area contributed by atoms with Crippen molar-refractivity contribution < 1.29 is 27.9 Å². The van der Waals surface area contributed by atoms with Crippen LogP contribution in [0.4, 0.5) is 19.0 Å². The molecule has 3 aliphatic rings. The van der Waals surface area contributed by atoms with E-state index in [-0.39, 0.29) is 11.7 Å². The van der Waals surface area contributed by atoms with Gasteiger partial charge < -0.3 is 14.6 Å². The number of fused-ring (bicyclic) bond motifs is 1. The van der Waals surface area contributed by atoms with Crippen LogP contribution in [0.2, 0.25) is 0 Å². The number of aryl methyl sites for hydroxylation is 1. The number of piperazine rings is 1. The van der Waals surface area contributed by atoms with Crippen LogP contribution in [0.25, 0.3) is 11.2 Å². The van der Waals surface area contributed by atoms with Crippen LogP contribution in [0.3, 0.4) is 0 Å². The van der Waals surface area contributed by atoms with Crippen LogP contribution in [0.1, 0.15) is 60.3 Å². The van der Waals surface area contributed by atoms with Gasteiger partial charge in [0, 0.05) is 57.9 Å². The Morgan fingerprint density at radius 3 is 2.22 bits per heavy atom. The summed E-state index contributed by atoms with van der Waals surface area (Å²) < 4.78 is 33.5. The molecule has 2 aromatic heterocycles. The van der Waals surface area contributed by atoms with Crippen LogP contribution in [0.15, 0.2) is 30.6 Å². The Bertz CT molecular complexity index is 1620. The number of hydrogen-bond acceptors (Lipinski definition) is 10. The molecule has 2 saturated heterocycles. The number of anilines is 1. The number of aliphatic carboxylic acids is 1. The number of alkyl halides is 3. The van der Waals surface area contributed by atoms with Crippen molar-refractivity contribution in [2.45, 2.75) is 57.3 Å². The highest BCUT2D eigenvalue weighted by Crippen LogP contribution is 2.29. The number of halogens is 3. The fraction of sp³-hybridized carbons (Fsp3) is 0.576. The Kier molecular flexibility index (Phi) is 11.7. The summed E-state index contributed by atoms with van der Waals surface area (Å²) in [5.74, 6) is -2.00. The van der Waals surface area contributed by atoms with Gasteiger partial charge in [0.1, 0.15) is 6.07 Å². The summed E-state index contributed by atoms with van der Waals surface area (Å²) in [6.07, 6.45) is 3.72. The van der Waals surface area contributed by atoms with Gasteiger partial charge in [-0.3, -0.25) is 25.0 Å². The fourth-order valence-electron chi connectivity index (χ4n) is 6.72. The number of nitrogens with zero attached hydrogens (tertiary/aromatic N) is 9. The number of benzene rings is 1. The van der Waals surface area contributed by atoms with Crippen LogP contribution in [-0.4, -0.2) is 116 Å². The Balaban J connectivity index is 0.000000606. The lowest BCUT2D eigenvalue weighted by Gasteiger charge is -2.42. The van der Waals surface area contributed by atoms with Gasteiger partial charge in [-0.05, 0) is 69.4 Å². The molecule has 0 bridgehead atoms. The number of piperidine rings is 1. The van der Waals surface area contributed by atoms with E-state index in [4.69, 9.17) is 9.90 Å². The van der Waals surface area contributed by atoms with Gasteiger partial charge in [-0.2, -0.15) is 28.4 Å².